The Labute approximate surface area is 175 Å². The van der Waals surface area contributed by atoms with E-state index in [0.29, 0.717) is 17.6 Å². The lowest BCUT2D eigenvalue weighted by Crippen LogP contribution is -2.37. The number of amides is 2. The molecule has 2 aromatic rings. The third-order valence-corrected chi connectivity index (χ3v) is 4.53. The van der Waals surface area contributed by atoms with E-state index in [9.17, 15) is 22.8 Å². The Morgan fingerprint density at radius 1 is 1.26 bits per heavy atom. The maximum absolute atomic E-state index is 13.4. The average molecular weight is 438 g/mol. The van der Waals surface area contributed by atoms with Gasteiger partial charge in [0.2, 0.25) is 11.9 Å². The van der Waals surface area contributed by atoms with Crippen molar-refractivity contribution >= 4 is 35.1 Å². The Hall–Kier alpha value is -3.57. The number of halogens is 3. The second-order valence-electron chi connectivity index (χ2n) is 7.85. The molecular weight excluding hydrogens is 417 g/mol. The number of benzene rings is 1. The van der Waals surface area contributed by atoms with E-state index in [4.69, 9.17) is 5.11 Å². The minimum absolute atomic E-state index is 0.0272. The number of carbonyl (C=O) groups is 2. The van der Waals surface area contributed by atoms with Crippen molar-refractivity contribution in [2.75, 3.05) is 29.0 Å². The normalized spacial score (nSPS) is 13.4. The monoisotopic (exact) mass is 438 g/mol. The van der Waals surface area contributed by atoms with Crippen molar-refractivity contribution in [2.45, 2.75) is 26.4 Å². The summed E-state index contributed by atoms with van der Waals surface area (Å²) >= 11 is 0. The summed E-state index contributed by atoms with van der Waals surface area (Å²) in [7, 11) is 0. The molecule has 0 spiro atoms. The van der Waals surface area contributed by atoms with Crippen LogP contribution in [0.3, 0.4) is 0 Å². The van der Waals surface area contributed by atoms with Gasteiger partial charge in [0, 0.05) is 30.7 Å². The molecule has 2 amide bonds. The van der Waals surface area contributed by atoms with Gasteiger partial charge in [-0.25, -0.2) is 9.78 Å². The molecule has 2 heterocycles. The van der Waals surface area contributed by atoms with E-state index in [-0.39, 0.29) is 31.4 Å². The smallest absolute Gasteiger partial charge is 0.421 e. The Morgan fingerprint density at radius 2 is 2.00 bits per heavy atom. The molecule has 0 fully saturated rings. The molecule has 1 aliphatic heterocycles. The summed E-state index contributed by atoms with van der Waals surface area (Å²) < 4.78 is 40.2. The number of carbonyl (C=O) groups excluding carboxylic acids is 1. The number of fused-ring (bicyclic) bond motifs is 1. The van der Waals surface area contributed by atoms with Crippen LogP contribution in [-0.4, -0.2) is 40.2 Å². The van der Waals surface area contributed by atoms with Gasteiger partial charge >= 0.3 is 12.3 Å². The number of hydrogen-bond donors (Lipinski definition) is 5. The first-order valence-corrected chi connectivity index (χ1v) is 9.28. The lowest BCUT2D eigenvalue weighted by atomic mass is 9.93. The zero-order valence-electron chi connectivity index (χ0n) is 16.7. The summed E-state index contributed by atoms with van der Waals surface area (Å²) in [6.45, 7) is 3.46. The van der Waals surface area contributed by atoms with Crippen LogP contribution in [-0.2, 0) is 17.4 Å². The molecule has 0 aliphatic carbocycles. The maximum atomic E-state index is 13.4. The summed E-state index contributed by atoms with van der Waals surface area (Å²) in [6.07, 6.45) is -5.00. The molecule has 0 atom stereocenters. The van der Waals surface area contributed by atoms with Crippen LogP contribution in [0.2, 0.25) is 0 Å². The standard InChI is InChI=1S/C19H21F3N6O3/c1-18(2,9-25-17(30)31)8-24-15-12(19(20,21)22)7-23-16(28-15)26-11-3-4-13-10(5-11)6-14(29)27-13/h3-5,7,25H,6,8-9H2,1-2H3,(H,27,29)(H,30,31)(H2,23,24,26,28). The van der Waals surface area contributed by atoms with Gasteiger partial charge in [-0.2, -0.15) is 18.2 Å². The molecule has 1 aromatic carbocycles. The average Bonchev–Trinajstić information content (AvgIpc) is 3.03. The van der Waals surface area contributed by atoms with Crippen molar-refractivity contribution in [2.24, 2.45) is 5.41 Å². The van der Waals surface area contributed by atoms with Crippen LogP contribution >= 0.6 is 0 Å². The molecule has 0 saturated heterocycles. The first-order valence-electron chi connectivity index (χ1n) is 9.28. The van der Waals surface area contributed by atoms with Crippen LogP contribution in [0.5, 0.6) is 0 Å². The third kappa shape index (κ3) is 5.74. The van der Waals surface area contributed by atoms with E-state index in [1.165, 1.54) is 0 Å². The van der Waals surface area contributed by atoms with Crippen molar-refractivity contribution in [3.63, 3.8) is 0 Å². The zero-order chi connectivity index (χ0) is 22.8. The van der Waals surface area contributed by atoms with Crippen LogP contribution in [0.25, 0.3) is 0 Å². The molecule has 9 nitrogen and oxygen atoms in total. The van der Waals surface area contributed by atoms with Crippen LogP contribution in [0, 0.1) is 5.41 Å². The Morgan fingerprint density at radius 3 is 2.68 bits per heavy atom. The van der Waals surface area contributed by atoms with E-state index in [2.05, 4.69) is 31.2 Å². The molecule has 31 heavy (non-hydrogen) atoms. The van der Waals surface area contributed by atoms with Gasteiger partial charge < -0.3 is 26.4 Å². The predicted molar refractivity (Wildman–Crippen MR) is 107 cm³/mol. The molecule has 0 bridgehead atoms. The lowest BCUT2D eigenvalue weighted by Gasteiger charge is -2.26. The number of aromatic nitrogens is 2. The maximum Gasteiger partial charge on any atom is 0.421 e. The van der Waals surface area contributed by atoms with Crippen LogP contribution in [0.1, 0.15) is 25.0 Å². The number of rotatable bonds is 7. The summed E-state index contributed by atoms with van der Waals surface area (Å²) in [4.78, 5) is 29.9. The molecule has 1 aliphatic rings. The van der Waals surface area contributed by atoms with Gasteiger partial charge in [0.1, 0.15) is 11.4 Å². The quantitative estimate of drug-likeness (QED) is 0.448. The summed E-state index contributed by atoms with van der Waals surface area (Å²) in [5, 5.41) is 19.1. The number of carboxylic acid groups (broad SMARTS) is 1. The number of alkyl halides is 3. The highest BCUT2D eigenvalue weighted by atomic mass is 19.4. The summed E-state index contributed by atoms with van der Waals surface area (Å²) in [6, 6.07) is 5.03. The molecule has 5 N–H and O–H groups in total. The van der Waals surface area contributed by atoms with Crippen molar-refractivity contribution in [1.82, 2.24) is 15.3 Å². The van der Waals surface area contributed by atoms with Crippen LogP contribution < -0.4 is 21.3 Å². The van der Waals surface area contributed by atoms with E-state index in [0.717, 1.165) is 5.56 Å². The molecule has 12 heteroatoms. The summed E-state index contributed by atoms with van der Waals surface area (Å²) in [5.41, 5.74) is 0.242. The zero-order valence-corrected chi connectivity index (χ0v) is 16.7. The van der Waals surface area contributed by atoms with E-state index in [1.807, 2.05) is 0 Å². The highest BCUT2D eigenvalue weighted by Crippen LogP contribution is 2.35. The minimum Gasteiger partial charge on any atom is -0.465 e. The Kier molecular flexibility index (Phi) is 5.91. The minimum atomic E-state index is -4.68. The highest BCUT2D eigenvalue weighted by Gasteiger charge is 2.36. The van der Waals surface area contributed by atoms with Gasteiger partial charge in [0.25, 0.3) is 0 Å². The number of nitrogens with zero attached hydrogens (tertiary/aromatic N) is 2. The van der Waals surface area contributed by atoms with Gasteiger partial charge in [-0.15, -0.1) is 0 Å². The summed E-state index contributed by atoms with van der Waals surface area (Å²) in [5.74, 6) is -0.620. The first-order chi connectivity index (χ1) is 14.4. The first kappa shape index (κ1) is 22.1. The SMILES string of the molecule is CC(C)(CNC(=O)O)CNc1nc(Nc2ccc3c(c2)CC(=O)N3)ncc1C(F)(F)F. The molecule has 0 radical (unpaired) electrons. The number of anilines is 4. The van der Waals surface area contributed by atoms with Crippen molar-refractivity contribution in [3.8, 4) is 0 Å². The molecule has 3 rings (SSSR count). The predicted octanol–water partition coefficient (Wildman–Crippen LogP) is 3.44. The number of nitrogens with one attached hydrogen (secondary N) is 4. The molecule has 166 valence electrons. The Bertz CT molecular complexity index is 1010. The topological polar surface area (TPSA) is 128 Å². The Balaban J connectivity index is 1.80. The van der Waals surface area contributed by atoms with Gasteiger partial charge in [0.05, 0.1) is 6.42 Å². The van der Waals surface area contributed by atoms with Crippen LogP contribution in [0.4, 0.5) is 41.1 Å². The van der Waals surface area contributed by atoms with E-state index < -0.39 is 29.1 Å². The number of hydrogen-bond acceptors (Lipinski definition) is 6. The molecule has 0 unspecified atom stereocenters. The second-order valence-corrected chi connectivity index (χ2v) is 7.85. The van der Waals surface area contributed by atoms with Gasteiger partial charge in [-0.3, -0.25) is 4.79 Å². The van der Waals surface area contributed by atoms with Gasteiger partial charge in [-0.05, 0) is 29.2 Å². The molecular formula is C19H21F3N6O3. The lowest BCUT2D eigenvalue weighted by molar-refractivity contribution is -0.137. The van der Waals surface area contributed by atoms with E-state index >= 15 is 0 Å². The van der Waals surface area contributed by atoms with Gasteiger partial charge in [-0.1, -0.05) is 13.8 Å². The fraction of sp³-hybridized carbons (Fsp3) is 0.368. The fourth-order valence-corrected chi connectivity index (χ4v) is 2.92. The highest BCUT2D eigenvalue weighted by molar-refractivity contribution is 5.99. The van der Waals surface area contributed by atoms with Crippen LogP contribution in [0.15, 0.2) is 24.4 Å². The second kappa shape index (κ2) is 8.28. The van der Waals surface area contributed by atoms with Crippen molar-refractivity contribution in [1.29, 1.82) is 0 Å². The molecule has 0 saturated carbocycles. The third-order valence-electron chi connectivity index (χ3n) is 4.53. The van der Waals surface area contributed by atoms with Crippen molar-refractivity contribution < 1.29 is 27.9 Å². The fourth-order valence-electron chi connectivity index (χ4n) is 2.92. The van der Waals surface area contributed by atoms with Gasteiger partial charge in [0.15, 0.2) is 0 Å². The van der Waals surface area contributed by atoms with E-state index in [1.54, 1.807) is 32.0 Å². The largest absolute Gasteiger partial charge is 0.465 e. The molecule has 1 aromatic heterocycles. The van der Waals surface area contributed by atoms with Crippen molar-refractivity contribution in [3.05, 3.63) is 35.5 Å².